The number of aromatic nitrogens is 3. The zero-order chi connectivity index (χ0) is 18.6. The molecule has 0 radical (unpaired) electrons. The van der Waals surface area contributed by atoms with Crippen molar-refractivity contribution in [3.05, 3.63) is 73.3 Å². The summed E-state index contributed by atoms with van der Waals surface area (Å²) in [7, 11) is 0. The summed E-state index contributed by atoms with van der Waals surface area (Å²) < 4.78 is 2.03. The lowest BCUT2D eigenvalue weighted by atomic mass is 10.1. The van der Waals surface area contributed by atoms with E-state index in [1.165, 1.54) is 0 Å². The first-order valence-corrected chi connectivity index (χ1v) is 8.77. The van der Waals surface area contributed by atoms with Crippen LogP contribution in [0, 0.1) is 0 Å². The lowest BCUT2D eigenvalue weighted by molar-refractivity contribution is 0.252. The fourth-order valence-electron chi connectivity index (χ4n) is 3.00. The summed E-state index contributed by atoms with van der Waals surface area (Å²) in [5.74, 6) is 0. The van der Waals surface area contributed by atoms with E-state index in [2.05, 4.69) is 20.6 Å². The number of pyridine rings is 2. The van der Waals surface area contributed by atoms with Gasteiger partial charge in [-0.1, -0.05) is 18.2 Å². The van der Waals surface area contributed by atoms with Crippen LogP contribution in [0.5, 0.6) is 0 Å². The Morgan fingerprint density at radius 1 is 1.04 bits per heavy atom. The monoisotopic (exact) mass is 357 g/mol. The fraction of sp³-hybridized carbons (Fsp3) is 0.0952. The van der Waals surface area contributed by atoms with Gasteiger partial charge in [-0.2, -0.15) is 0 Å². The quantitative estimate of drug-likeness (QED) is 0.575. The van der Waals surface area contributed by atoms with E-state index in [0.717, 1.165) is 33.7 Å². The normalized spacial score (nSPS) is 10.7. The number of anilines is 1. The number of nitrogens with zero attached hydrogens (tertiary/aromatic N) is 3. The van der Waals surface area contributed by atoms with Crippen LogP contribution in [0.2, 0.25) is 0 Å². The summed E-state index contributed by atoms with van der Waals surface area (Å²) in [6, 6.07) is 15.5. The Morgan fingerprint density at radius 2 is 1.93 bits per heavy atom. The zero-order valence-electron chi connectivity index (χ0n) is 14.9. The lowest BCUT2D eigenvalue weighted by Gasteiger charge is -2.08. The van der Waals surface area contributed by atoms with Crippen molar-refractivity contribution in [3.63, 3.8) is 0 Å². The van der Waals surface area contributed by atoms with Crippen molar-refractivity contribution in [1.82, 2.24) is 19.7 Å². The van der Waals surface area contributed by atoms with Gasteiger partial charge in [-0.15, -0.1) is 0 Å². The molecular formula is C21H19N5O. The molecule has 2 N–H and O–H groups in total. The van der Waals surface area contributed by atoms with Crippen LogP contribution in [0.15, 0.2) is 73.3 Å². The van der Waals surface area contributed by atoms with Crippen molar-refractivity contribution in [2.75, 3.05) is 11.9 Å². The molecule has 0 fully saturated rings. The van der Waals surface area contributed by atoms with Gasteiger partial charge in [0, 0.05) is 41.9 Å². The van der Waals surface area contributed by atoms with Crippen molar-refractivity contribution < 1.29 is 4.79 Å². The van der Waals surface area contributed by atoms with Crippen LogP contribution in [0.25, 0.3) is 28.0 Å². The highest BCUT2D eigenvalue weighted by Gasteiger charge is 2.09. The summed E-state index contributed by atoms with van der Waals surface area (Å²) >= 11 is 0. The van der Waals surface area contributed by atoms with E-state index >= 15 is 0 Å². The molecule has 4 rings (SSSR count). The van der Waals surface area contributed by atoms with Crippen LogP contribution in [-0.2, 0) is 0 Å². The lowest BCUT2D eigenvalue weighted by Crippen LogP contribution is -2.28. The van der Waals surface area contributed by atoms with Crippen LogP contribution < -0.4 is 10.6 Å². The molecule has 0 spiro atoms. The Morgan fingerprint density at radius 3 is 2.74 bits per heavy atom. The molecule has 0 bridgehead atoms. The van der Waals surface area contributed by atoms with E-state index in [1.807, 2.05) is 78.4 Å². The van der Waals surface area contributed by atoms with Crippen molar-refractivity contribution in [2.24, 2.45) is 0 Å². The van der Waals surface area contributed by atoms with Gasteiger partial charge in [0.05, 0.1) is 11.9 Å². The summed E-state index contributed by atoms with van der Waals surface area (Å²) in [6.07, 6.45) is 7.45. The molecule has 4 aromatic rings. The van der Waals surface area contributed by atoms with Gasteiger partial charge in [0.1, 0.15) is 5.65 Å². The Balaban J connectivity index is 1.67. The Bertz CT molecular complexity index is 1090. The molecular weight excluding hydrogens is 338 g/mol. The molecule has 27 heavy (non-hydrogen) atoms. The van der Waals surface area contributed by atoms with E-state index in [0.29, 0.717) is 6.54 Å². The molecule has 3 aromatic heterocycles. The van der Waals surface area contributed by atoms with E-state index in [1.54, 1.807) is 6.20 Å². The molecule has 0 atom stereocenters. The average molecular weight is 357 g/mol. The number of hydrogen-bond donors (Lipinski definition) is 2. The third kappa shape index (κ3) is 3.50. The third-order valence-corrected chi connectivity index (χ3v) is 4.26. The number of carbonyl (C=O) groups is 1. The van der Waals surface area contributed by atoms with Crippen LogP contribution >= 0.6 is 0 Å². The minimum atomic E-state index is -0.214. The van der Waals surface area contributed by atoms with Crippen LogP contribution in [0.4, 0.5) is 10.5 Å². The fourth-order valence-corrected chi connectivity index (χ4v) is 3.00. The molecule has 6 heteroatoms. The molecule has 2 amide bonds. The Kier molecular flexibility index (Phi) is 4.53. The number of carbonyl (C=O) groups excluding carboxylic acids is 1. The maximum atomic E-state index is 11.7. The summed E-state index contributed by atoms with van der Waals surface area (Å²) in [4.78, 5) is 20.5. The molecule has 134 valence electrons. The van der Waals surface area contributed by atoms with Crippen LogP contribution in [0.1, 0.15) is 6.92 Å². The van der Waals surface area contributed by atoms with Crippen LogP contribution in [0.3, 0.4) is 0 Å². The highest BCUT2D eigenvalue weighted by molar-refractivity contribution is 5.90. The molecule has 0 saturated carbocycles. The van der Waals surface area contributed by atoms with E-state index in [-0.39, 0.29) is 6.03 Å². The van der Waals surface area contributed by atoms with Gasteiger partial charge in [0.2, 0.25) is 0 Å². The highest BCUT2D eigenvalue weighted by Crippen LogP contribution is 2.26. The number of amides is 2. The van der Waals surface area contributed by atoms with Crippen molar-refractivity contribution in [2.45, 2.75) is 6.92 Å². The molecule has 1 aromatic carbocycles. The Labute approximate surface area is 156 Å². The standard InChI is InChI=1S/C21H19N5O/c1-2-23-21(27)25-18-7-3-5-16(11-18)19-14-24-20-12-15(8-10-26(19)20)17-6-4-9-22-13-17/h3-14H,2H2,1H3,(H2,23,25,27). The van der Waals surface area contributed by atoms with E-state index < -0.39 is 0 Å². The first-order chi connectivity index (χ1) is 13.2. The molecule has 6 nitrogen and oxygen atoms in total. The Hall–Kier alpha value is -3.67. The largest absolute Gasteiger partial charge is 0.338 e. The number of rotatable bonds is 4. The molecule has 3 heterocycles. The van der Waals surface area contributed by atoms with E-state index in [4.69, 9.17) is 0 Å². The van der Waals surface area contributed by atoms with Gasteiger partial charge >= 0.3 is 6.03 Å². The number of benzene rings is 1. The number of imidazole rings is 1. The summed E-state index contributed by atoms with van der Waals surface area (Å²) in [5.41, 5.74) is 5.65. The van der Waals surface area contributed by atoms with Gasteiger partial charge in [-0.3, -0.25) is 9.38 Å². The minimum absolute atomic E-state index is 0.214. The van der Waals surface area contributed by atoms with Crippen LogP contribution in [-0.4, -0.2) is 26.9 Å². The van der Waals surface area contributed by atoms with Crippen molar-refractivity contribution >= 4 is 17.4 Å². The van der Waals surface area contributed by atoms with Gasteiger partial charge in [-0.25, -0.2) is 9.78 Å². The molecule has 0 unspecified atom stereocenters. The average Bonchev–Trinajstić information content (AvgIpc) is 3.12. The van der Waals surface area contributed by atoms with E-state index in [9.17, 15) is 4.79 Å². The van der Waals surface area contributed by atoms with Gasteiger partial charge in [0.15, 0.2) is 0 Å². The van der Waals surface area contributed by atoms with Gasteiger partial charge < -0.3 is 10.6 Å². The molecule has 0 saturated heterocycles. The van der Waals surface area contributed by atoms with Crippen molar-refractivity contribution in [1.29, 1.82) is 0 Å². The first-order valence-electron chi connectivity index (χ1n) is 8.77. The van der Waals surface area contributed by atoms with Gasteiger partial charge in [0.25, 0.3) is 0 Å². The maximum absolute atomic E-state index is 11.7. The van der Waals surface area contributed by atoms with Crippen molar-refractivity contribution in [3.8, 4) is 22.4 Å². The first kappa shape index (κ1) is 16.8. The maximum Gasteiger partial charge on any atom is 0.319 e. The smallest absolute Gasteiger partial charge is 0.319 e. The summed E-state index contributed by atoms with van der Waals surface area (Å²) in [5, 5.41) is 5.56. The number of hydrogen-bond acceptors (Lipinski definition) is 3. The number of urea groups is 1. The number of nitrogens with one attached hydrogen (secondary N) is 2. The molecule has 0 aliphatic heterocycles. The SMILES string of the molecule is CCNC(=O)Nc1cccc(-c2cnc3cc(-c4cccnc4)ccn23)c1. The zero-order valence-corrected chi connectivity index (χ0v) is 14.9. The van der Waals surface area contributed by atoms with Gasteiger partial charge in [-0.05, 0) is 42.8 Å². The minimum Gasteiger partial charge on any atom is -0.338 e. The predicted molar refractivity (Wildman–Crippen MR) is 107 cm³/mol. The topological polar surface area (TPSA) is 71.3 Å². The predicted octanol–water partition coefficient (Wildman–Crippen LogP) is 4.20. The second-order valence-electron chi connectivity index (χ2n) is 6.09. The molecule has 0 aliphatic carbocycles. The molecule has 0 aliphatic rings. The third-order valence-electron chi connectivity index (χ3n) is 4.26. The highest BCUT2D eigenvalue weighted by atomic mass is 16.2. The number of fused-ring (bicyclic) bond motifs is 1. The second-order valence-corrected chi connectivity index (χ2v) is 6.09. The summed E-state index contributed by atoms with van der Waals surface area (Å²) in [6.45, 7) is 2.46. The second kappa shape index (κ2) is 7.29.